The van der Waals surface area contributed by atoms with Crippen LogP contribution in [-0.2, 0) is 20.7 Å². The van der Waals surface area contributed by atoms with Gasteiger partial charge in [0.1, 0.15) is 5.78 Å². The van der Waals surface area contributed by atoms with E-state index in [1.165, 1.54) is 0 Å². The zero-order valence-electron chi connectivity index (χ0n) is 16.9. The summed E-state index contributed by atoms with van der Waals surface area (Å²) in [6.07, 6.45) is 3.91. The molecule has 1 N–H and O–H groups in total. The van der Waals surface area contributed by atoms with E-state index in [0.29, 0.717) is 23.4 Å². The topological polar surface area (TPSA) is 55.4 Å². The Hall–Kier alpha value is -2.85. The summed E-state index contributed by atoms with van der Waals surface area (Å²) < 4.78 is 5.65. The van der Waals surface area contributed by atoms with E-state index in [2.05, 4.69) is 11.4 Å². The van der Waals surface area contributed by atoms with Gasteiger partial charge >= 0.3 is 5.97 Å². The Labute approximate surface area is 181 Å². The fourth-order valence-electron chi connectivity index (χ4n) is 4.30. The van der Waals surface area contributed by atoms with Crippen molar-refractivity contribution in [2.75, 3.05) is 6.61 Å². The molecule has 4 rings (SSSR count). The molecule has 2 unspecified atom stereocenters. The van der Waals surface area contributed by atoms with Gasteiger partial charge in [0.2, 0.25) is 0 Å². The van der Waals surface area contributed by atoms with Crippen LogP contribution in [0.15, 0.2) is 77.6 Å². The molecule has 0 spiro atoms. The van der Waals surface area contributed by atoms with Gasteiger partial charge in [0.05, 0.1) is 18.1 Å². The molecule has 1 aliphatic carbocycles. The van der Waals surface area contributed by atoms with Gasteiger partial charge in [0.15, 0.2) is 0 Å². The van der Waals surface area contributed by atoms with Crippen molar-refractivity contribution in [2.24, 2.45) is 5.92 Å². The van der Waals surface area contributed by atoms with Crippen LogP contribution in [0.4, 0.5) is 0 Å². The van der Waals surface area contributed by atoms with Crippen molar-refractivity contribution in [3.8, 4) is 0 Å². The maximum absolute atomic E-state index is 13.2. The smallest absolute Gasteiger partial charge is 0.336 e. The van der Waals surface area contributed by atoms with Gasteiger partial charge in [-0.05, 0) is 36.6 Å². The molecule has 2 aliphatic rings. The van der Waals surface area contributed by atoms with Gasteiger partial charge in [0.25, 0.3) is 0 Å². The zero-order chi connectivity index (χ0) is 21.1. The molecule has 1 heterocycles. The van der Waals surface area contributed by atoms with Crippen LogP contribution >= 0.6 is 11.6 Å². The molecule has 2 atom stereocenters. The second kappa shape index (κ2) is 8.88. The van der Waals surface area contributed by atoms with Gasteiger partial charge in [-0.25, -0.2) is 4.79 Å². The summed E-state index contributed by atoms with van der Waals surface area (Å²) in [6.45, 7) is 2.15. The Morgan fingerprint density at radius 2 is 1.83 bits per heavy atom. The van der Waals surface area contributed by atoms with E-state index in [4.69, 9.17) is 16.3 Å². The second-order valence-electron chi connectivity index (χ2n) is 7.71. The van der Waals surface area contributed by atoms with E-state index in [-0.39, 0.29) is 24.3 Å². The molecular formula is C25H24ClNO3. The van der Waals surface area contributed by atoms with E-state index in [1.807, 2.05) is 49.4 Å². The fraction of sp³-hybridized carbons (Fsp3) is 0.280. The third-order valence-electron chi connectivity index (χ3n) is 5.73. The van der Waals surface area contributed by atoms with Crippen LogP contribution in [0.5, 0.6) is 0 Å². The first-order chi connectivity index (χ1) is 14.5. The van der Waals surface area contributed by atoms with Gasteiger partial charge < -0.3 is 10.1 Å². The molecule has 0 aromatic heterocycles. The summed E-state index contributed by atoms with van der Waals surface area (Å²) in [7, 11) is 0. The summed E-state index contributed by atoms with van der Waals surface area (Å²) in [4.78, 5) is 26.0. The molecule has 0 bridgehead atoms. The van der Waals surface area contributed by atoms with E-state index < -0.39 is 5.92 Å². The minimum absolute atomic E-state index is 0.141. The predicted octanol–water partition coefficient (Wildman–Crippen LogP) is 4.95. The fourth-order valence-corrected chi connectivity index (χ4v) is 4.42. The largest absolute Gasteiger partial charge is 0.462 e. The van der Waals surface area contributed by atoms with Crippen LogP contribution in [-0.4, -0.2) is 18.4 Å². The highest BCUT2D eigenvalue weighted by Gasteiger charge is 2.43. The SMILES string of the molecule is CC1=C(C(=O)OCCc2ccccc2)C(c2ccc(Cl)cc2)C2C(=O)CCC=C2N1. The summed E-state index contributed by atoms with van der Waals surface area (Å²) >= 11 is 6.08. The standard InChI is InChI=1S/C25H24ClNO3/c1-16-22(25(29)30-15-14-17-6-3-2-4-7-17)23(18-10-12-19(26)13-11-18)24-20(27-16)8-5-9-21(24)28/h2-4,6-8,10-13,23-24,27H,5,9,14-15H2,1H3. The number of allylic oxidation sites excluding steroid dienone is 3. The number of hydrogen-bond acceptors (Lipinski definition) is 4. The lowest BCUT2D eigenvalue weighted by Crippen LogP contribution is -2.40. The molecule has 0 radical (unpaired) electrons. The molecule has 2 aromatic rings. The Bertz CT molecular complexity index is 1010. The first-order valence-corrected chi connectivity index (χ1v) is 10.6. The molecule has 4 nitrogen and oxygen atoms in total. The average Bonchev–Trinajstić information content (AvgIpc) is 2.74. The van der Waals surface area contributed by atoms with Crippen LogP contribution in [0, 0.1) is 5.92 Å². The van der Waals surface area contributed by atoms with Gasteiger partial charge in [-0.1, -0.05) is 60.1 Å². The summed E-state index contributed by atoms with van der Waals surface area (Å²) in [6, 6.07) is 17.3. The molecule has 0 fully saturated rings. The lowest BCUT2D eigenvalue weighted by molar-refractivity contribution is -0.139. The summed E-state index contributed by atoms with van der Waals surface area (Å²) in [5, 5.41) is 3.91. The summed E-state index contributed by atoms with van der Waals surface area (Å²) in [5.74, 6) is -1.03. The Morgan fingerprint density at radius 1 is 1.10 bits per heavy atom. The van der Waals surface area contributed by atoms with E-state index in [1.54, 1.807) is 12.1 Å². The van der Waals surface area contributed by atoms with E-state index >= 15 is 0 Å². The predicted molar refractivity (Wildman–Crippen MR) is 117 cm³/mol. The van der Waals surface area contributed by atoms with Crippen molar-refractivity contribution in [1.29, 1.82) is 0 Å². The van der Waals surface area contributed by atoms with E-state index in [0.717, 1.165) is 28.9 Å². The summed E-state index contributed by atoms with van der Waals surface area (Å²) in [5.41, 5.74) is 4.13. The van der Waals surface area contributed by atoms with Crippen molar-refractivity contribution in [3.63, 3.8) is 0 Å². The molecule has 154 valence electrons. The van der Waals surface area contributed by atoms with Crippen LogP contribution in [0.3, 0.4) is 0 Å². The lowest BCUT2D eigenvalue weighted by Gasteiger charge is -2.38. The van der Waals surface area contributed by atoms with Crippen molar-refractivity contribution in [2.45, 2.75) is 32.1 Å². The molecule has 0 saturated heterocycles. The monoisotopic (exact) mass is 421 g/mol. The molecule has 5 heteroatoms. The number of carbonyl (C=O) groups excluding carboxylic acids is 2. The maximum Gasteiger partial charge on any atom is 0.336 e. The third kappa shape index (κ3) is 4.19. The minimum Gasteiger partial charge on any atom is -0.462 e. The van der Waals surface area contributed by atoms with E-state index in [9.17, 15) is 9.59 Å². The normalized spacial score (nSPS) is 20.9. The molecule has 30 heavy (non-hydrogen) atoms. The molecule has 2 aromatic carbocycles. The molecular weight excluding hydrogens is 398 g/mol. The Morgan fingerprint density at radius 3 is 2.57 bits per heavy atom. The average molecular weight is 422 g/mol. The van der Waals surface area contributed by atoms with Gasteiger partial charge in [-0.3, -0.25) is 4.79 Å². The number of fused-ring (bicyclic) bond motifs is 1. The van der Waals surface area contributed by atoms with Crippen LogP contribution in [0.2, 0.25) is 5.02 Å². The van der Waals surface area contributed by atoms with Gasteiger partial charge in [-0.2, -0.15) is 0 Å². The van der Waals surface area contributed by atoms with Gasteiger partial charge in [0, 0.05) is 35.2 Å². The van der Waals surface area contributed by atoms with Crippen LogP contribution in [0.25, 0.3) is 0 Å². The number of ketones is 1. The quantitative estimate of drug-likeness (QED) is 0.694. The first-order valence-electron chi connectivity index (χ1n) is 10.2. The Kier molecular flexibility index (Phi) is 6.05. The number of Topliss-reactive ketones (excluding diaryl/α,β-unsaturated/α-hetero) is 1. The lowest BCUT2D eigenvalue weighted by atomic mass is 9.71. The number of halogens is 1. The number of rotatable bonds is 5. The molecule has 0 saturated carbocycles. The van der Waals surface area contributed by atoms with Crippen LogP contribution in [0.1, 0.15) is 36.8 Å². The molecule has 0 amide bonds. The third-order valence-corrected chi connectivity index (χ3v) is 5.98. The highest BCUT2D eigenvalue weighted by molar-refractivity contribution is 6.30. The zero-order valence-corrected chi connectivity index (χ0v) is 17.6. The van der Waals surface area contributed by atoms with Crippen molar-refractivity contribution in [3.05, 3.63) is 93.8 Å². The Balaban J connectivity index is 1.63. The molecule has 1 aliphatic heterocycles. The highest BCUT2D eigenvalue weighted by Crippen LogP contribution is 2.44. The highest BCUT2D eigenvalue weighted by atomic mass is 35.5. The van der Waals surface area contributed by atoms with Crippen LogP contribution < -0.4 is 5.32 Å². The first kappa shape index (κ1) is 20.4. The van der Waals surface area contributed by atoms with Crippen molar-refractivity contribution < 1.29 is 14.3 Å². The van der Waals surface area contributed by atoms with Crippen molar-refractivity contribution >= 4 is 23.4 Å². The number of nitrogens with one attached hydrogen (secondary N) is 1. The number of carbonyl (C=O) groups is 2. The number of esters is 1. The number of hydrogen-bond donors (Lipinski definition) is 1. The maximum atomic E-state index is 13.2. The second-order valence-corrected chi connectivity index (χ2v) is 8.14. The number of benzene rings is 2. The van der Waals surface area contributed by atoms with Crippen molar-refractivity contribution in [1.82, 2.24) is 5.32 Å². The van der Waals surface area contributed by atoms with Gasteiger partial charge in [-0.15, -0.1) is 0 Å². The number of ether oxygens (including phenoxy) is 1. The minimum atomic E-state index is -0.403.